The fourth-order valence-corrected chi connectivity index (χ4v) is 2.22. The Hall–Kier alpha value is -1.47. The van der Waals surface area contributed by atoms with Crippen molar-refractivity contribution in [3.05, 3.63) is 58.7 Å². The van der Waals surface area contributed by atoms with E-state index in [4.69, 9.17) is 16.3 Å². The molecule has 0 saturated heterocycles. The standard InChI is InChI=1S/C16H17ClO/c1-11-4-7-16(13(3)8-11)18-15-6-5-14(10-17)12(2)9-15/h4-9H,10H2,1-3H3. The maximum Gasteiger partial charge on any atom is 0.130 e. The summed E-state index contributed by atoms with van der Waals surface area (Å²) in [6, 6.07) is 12.2. The molecule has 0 saturated carbocycles. The molecule has 1 nitrogen and oxygen atoms in total. The third kappa shape index (κ3) is 2.85. The Morgan fingerprint density at radius 1 is 0.944 bits per heavy atom. The largest absolute Gasteiger partial charge is 0.457 e. The first-order valence-corrected chi connectivity index (χ1v) is 6.54. The molecule has 2 heteroatoms. The van der Waals surface area contributed by atoms with Gasteiger partial charge in [-0.05, 0) is 55.7 Å². The van der Waals surface area contributed by atoms with Gasteiger partial charge < -0.3 is 4.74 Å². The van der Waals surface area contributed by atoms with Crippen molar-refractivity contribution in [2.45, 2.75) is 26.7 Å². The highest BCUT2D eigenvalue weighted by molar-refractivity contribution is 6.17. The summed E-state index contributed by atoms with van der Waals surface area (Å²) in [6.45, 7) is 6.19. The predicted molar refractivity (Wildman–Crippen MR) is 76.7 cm³/mol. The quantitative estimate of drug-likeness (QED) is 0.694. The molecule has 0 spiro atoms. The average Bonchev–Trinajstić information content (AvgIpc) is 2.33. The zero-order chi connectivity index (χ0) is 13.1. The monoisotopic (exact) mass is 260 g/mol. The average molecular weight is 261 g/mol. The molecular formula is C16H17ClO. The lowest BCUT2D eigenvalue weighted by Gasteiger charge is -2.11. The molecule has 0 unspecified atom stereocenters. The number of hydrogen-bond donors (Lipinski definition) is 0. The second-order valence-electron chi connectivity index (χ2n) is 4.59. The van der Waals surface area contributed by atoms with Gasteiger partial charge in [0.2, 0.25) is 0 Å². The van der Waals surface area contributed by atoms with E-state index < -0.39 is 0 Å². The van der Waals surface area contributed by atoms with Crippen molar-refractivity contribution in [1.29, 1.82) is 0 Å². The molecule has 18 heavy (non-hydrogen) atoms. The molecule has 0 heterocycles. The highest BCUT2D eigenvalue weighted by Gasteiger charge is 2.04. The fraction of sp³-hybridized carbons (Fsp3) is 0.250. The van der Waals surface area contributed by atoms with Crippen LogP contribution in [0, 0.1) is 20.8 Å². The molecule has 2 aromatic carbocycles. The summed E-state index contributed by atoms with van der Waals surface area (Å²) in [5.74, 6) is 2.29. The minimum atomic E-state index is 0.537. The van der Waals surface area contributed by atoms with Crippen LogP contribution in [0.3, 0.4) is 0 Å². The first-order valence-electron chi connectivity index (χ1n) is 6.01. The highest BCUT2D eigenvalue weighted by atomic mass is 35.5. The lowest BCUT2D eigenvalue weighted by molar-refractivity contribution is 0.478. The number of alkyl halides is 1. The molecule has 0 aliphatic carbocycles. The summed E-state index contributed by atoms with van der Waals surface area (Å²) >= 11 is 5.85. The van der Waals surface area contributed by atoms with Gasteiger partial charge in [0.1, 0.15) is 11.5 Å². The molecular weight excluding hydrogens is 244 g/mol. The van der Waals surface area contributed by atoms with Crippen LogP contribution in [0.5, 0.6) is 11.5 Å². The zero-order valence-corrected chi connectivity index (χ0v) is 11.7. The van der Waals surface area contributed by atoms with Gasteiger partial charge in [0.25, 0.3) is 0 Å². The van der Waals surface area contributed by atoms with Crippen LogP contribution in [0.2, 0.25) is 0 Å². The Kier molecular flexibility index (Phi) is 3.93. The number of rotatable bonds is 3. The van der Waals surface area contributed by atoms with E-state index in [0.717, 1.165) is 28.2 Å². The molecule has 0 fully saturated rings. The van der Waals surface area contributed by atoms with Crippen molar-refractivity contribution in [3.63, 3.8) is 0 Å². The lowest BCUT2D eigenvalue weighted by Crippen LogP contribution is -1.91. The van der Waals surface area contributed by atoms with Crippen LogP contribution in [-0.4, -0.2) is 0 Å². The second kappa shape index (κ2) is 5.45. The molecule has 0 aliphatic rings. The Labute approximate surface area is 113 Å². The van der Waals surface area contributed by atoms with E-state index in [2.05, 4.69) is 26.0 Å². The minimum Gasteiger partial charge on any atom is -0.457 e. The maximum absolute atomic E-state index is 5.90. The van der Waals surface area contributed by atoms with Crippen LogP contribution >= 0.6 is 11.6 Å². The Morgan fingerprint density at radius 2 is 1.72 bits per heavy atom. The number of ether oxygens (including phenoxy) is 1. The van der Waals surface area contributed by atoms with Crippen molar-refractivity contribution < 1.29 is 4.74 Å². The van der Waals surface area contributed by atoms with Crippen molar-refractivity contribution in [2.24, 2.45) is 0 Å². The summed E-state index contributed by atoms with van der Waals surface area (Å²) in [4.78, 5) is 0. The fourth-order valence-electron chi connectivity index (χ4n) is 1.92. The van der Waals surface area contributed by atoms with Crippen LogP contribution in [-0.2, 0) is 5.88 Å². The zero-order valence-electron chi connectivity index (χ0n) is 11.0. The third-order valence-electron chi connectivity index (χ3n) is 3.02. The number of hydrogen-bond acceptors (Lipinski definition) is 1. The summed E-state index contributed by atoms with van der Waals surface area (Å²) in [6.07, 6.45) is 0. The van der Waals surface area contributed by atoms with E-state index in [1.807, 2.05) is 31.2 Å². The Morgan fingerprint density at radius 3 is 2.33 bits per heavy atom. The molecule has 2 aromatic rings. The minimum absolute atomic E-state index is 0.537. The number of benzene rings is 2. The van der Waals surface area contributed by atoms with Crippen LogP contribution < -0.4 is 4.74 Å². The molecule has 0 amide bonds. The summed E-state index contributed by atoms with van der Waals surface area (Å²) < 4.78 is 5.90. The third-order valence-corrected chi connectivity index (χ3v) is 3.30. The number of aryl methyl sites for hydroxylation is 3. The van der Waals surface area contributed by atoms with Gasteiger partial charge in [-0.15, -0.1) is 11.6 Å². The summed E-state index contributed by atoms with van der Waals surface area (Å²) in [7, 11) is 0. The van der Waals surface area contributed by atoms with Gasteiger partial charge >= 0.3 is 0 Å². The topological polar surface area (TPSA) is 9.23 Å². The molecule has 2 rings (SSSR count). The predicted octanol–water partition coefficient (Wildman–Crippen LogP) is 5.14. The van der Waals surface area contributed by atoms with Crippen LogP contribution in [0.4, 0.5) is 0 Å². The van der Waals surface area contributed by atoms with Gasteiger partial charge in [0.05, 0.1) is 0 Å². The molecule has 0 bridgehead atoms. The first-order chi connectivity index (χ1) is 8.60. The van der Waals surface area contributed by atoms with E-state index in [9.17, 15) is 0 Å². The smallest absolute Gasteiger partial charge is 0.130 e. The van der Waals surface area contributed by atoms with Crippen molar-refractivity contribution >= 4 is 11.6 Å². The van der Waals surface area contributed by atoms with Crippen molar-refractivity contribution in [3.8, 4) is 11.5 Å². The van der Waals surface area contributed by atoms with Crippen LogP contribution in [0.1, 0.15) is 22.3 Å². The van der Waals surface area contributed by atoms with Crippen molar-refractivity contribution in [1.82, 2.24) is 0 Å². The van der Waals surface area contributed by atoms with Gasteiger partial charge in [-0.2, -0.15) is 0 Å². The Balaban J connectivity index is 2.26. The maximum atomic E-state index is 5.90. The summed E-state index contributed by atoms with van der Waals surface area (Å²) in [5.41, 5.74) is 4.69. The normalized spacial score (nSPS) is 10.4. The lowest BCUT2D eigenvalue weighted by atomic mass is 10.1. The van der Waals surface area contributed by atoms with Gasteiger partial charge in [0, 0.05) is 5.88 Å². The van der Waals surface area contributed by atoms with Crippen molar-refractivity contribution in [2.75, 3.05) is 0 Å². The van der Waals surface area contributed by atoms with E-state index >= 15 is 0 Å². The molecule has 0 radical (unpaired) electrons. The number of halogens is 1. The van der Waals surface area contributed by atoms with E-state index in [1.54, 1.807) is 0 Å². The Bertz CT molecular complexity index is 561. The van der Waals surface area contributed by atoms with Crippen LogP contribution in [0.25, 0.3) is 0 Å². The van der Waals surface area contributed by atoms with E-state index in [-0.39, 0.29) is 0 Å². The van der Waals surface area contributed by atoms with Gasteiger partial charge in [0.15, 0.2) is 0 Å². The molecule has 94 valence electrons. The second-order valence-corrected chi connectivity index (χ2v) is 4.86. The molecule has 0 atom stereocenters. The van der Waals surface area contributed by atoms with E-state index in [1.165, 1.54) is 5.56 Å². The van der Waals surface area contributed by atoms with Gasteiger partial charge in [-0.3, -0.25) is 0 Å². The first kappa shape index (κ1) is 13.0. The molecule has 0 aliphatic heterocycles. The van der Waals surface area contributed by atoms with Crippen LogP contribution in [0.15, 0.2) is 36.4 Å². The van der Waals surface area contributed by atoms with E-state index in [0.29, 0.717) is 5.88 Å². The summed E-state index contributed by atoms with van der Waals surface area (Å²) in [5, 5.41) is 0. The van der Waals surface area contributed by atoms with Gasteiger partial charge in [-0.25, -0.2) is 0 Å². The molecule has 0 N–H and O–H groups in total. The SMILES string of the molecule is Cc1ccc(Oc2ccc(CCl)c(C)c2)c(C)c1. The molecule has 0 aromatic heterocycles. The highest BCUT2D eigenvalue weighted by Crippen LogP contribution is 2.27. The van der Waals surface area contributed by atoms with Gasteiger partial charge in [-0.1, -0.05) is 23.8 Å².